The molecule has 0 spiro atoms. The predicted octanol–water partition coefficient (Wildman–Crippen LogP) is 3.83. The number of epoxide rings is 1. The van der Waals surface area contributed by atoms with Crippen molar-refractivity contribution in [3.8, 4) is 5.75 Å². The van der Waals surface area contributed by atoms with E-state index in [1.54, 1.807) is 25.3 Å². The van der Waals surface area contributed by atoms with E-state index in [1.165, 1.54) is 6.08 Å². The Bertz CT molecular complexity index is 1310. The first-order chi connectivity index (χ1) is 21.1. The van der Waals surface area contributed by atoms with Gasteiger partial charge in [-0.05, 0) is 41.7 Å². The van der Waals surface area contributed by atoms with Gasteiger partial charge in [-0.1, -0.05) is 69.3 Å². The first-order valence-electron chi connectivity index (χ1n) is 15.1. The van der Waals surface area contributed by atoms with E-state index in [-0.39, 0.29) is 56.3 Å². The number of benzene rings is 2. The quantitative estimate of drug-likeness (QED) is 0.342. The van der Waals surface area contributed by atoms with Gasteiger partial charge in [0, 0.05) is 25.3 Å². The van der Waals surface area contributed by atoms with E-state index in [1.807, 2.05) is 63.2 Å². The van der Waals surface area contributed by atoms with Gasteiger partial charge < -0.3 is 29.6 Å². The summed E-state index contributed by atoms with van der Waals surface area (Å²) in [5.74, 6) is -1.67. The fourth-order valence-electron chi connectivity index (χ4n) is 5.23. The highest BCUT2D eigenvalue weighted by molar-refractivity contribution is 5.93. The molecule has 0 radical (unpaired) electrons. The van der Waals surface area contributed by atoms with Crippen LogP contribution in [0.25, 0.3) is 0 Å². The topological polar surface area (TPSA) is 133 Å². The molecule has 44 heavy (non-hydrogen) atoms. The Morgan fingerprint density at radius 3 is 2.36 bits per heavy atom. The summed E-state index contributed by atoms with van der Waals surface area (Å²) in [6.07, 6.45) is 1.50. The number of rotatable bonds is 8. The molecule has 2 heterocycles. The molecule has 2 aliphatic rings. The van der Waals surface area contributed by atoms with E-state index in [0.29, 0.717) is 5.75 Å². The van der Waals surface area contributed by atoms with Crippen molar-refractivity contribution >= 4 is 23.8 Å². The number of carbonyl (C=O) groups is 4. The molecule has 0 bridgehead atoms. The lowest BCUT2D eigenvalue weighted by Crippen LogP contribution is -2.48. The maximum absolute atomic E-state index is 13.3. The third-order valence-corrected chi connectivity index (χ3v) is 7.75. The van der Waals surface area contributed by atoms with Gasteiger partial charge in [0.2, 0.25) is 11.8 Å². The molecule has 10 heteroatoms. The molecule has 0 aromatic heterocycles. The second-order valence-electron chi connectivity index (χ2n) is 11.7. The van der Waals surface area contributed by atoms with Gasteiger partial charge in [-0.3, -0.25) is 14.4 Å². The SMILES string of the molecule is COc1ccc(C[C@@H]2NC(=O)/C=C/C[C@@H]([C@@H](C)[C@H]3O[C@@H]3c3ccccc3)OC(=O)[C@H](CC(C)C)OC(=O)CCNC2=O)cc1. The normalized spacial score (nSPS) is 26.5. The average Bonchev–Trinajstić information content (AvgIpc) is 3.81. The minimum atomic E-state index is -1.10. The number of cyclic esters (lactones) is 2. The molecule has 6 atom stereocenters. The van der Waals surface area contributed by atoms with Gasteiger partial charge in [0.05, 0.1) is 19.6 Å². The van der Waals surface area contributed by atoms with Crippen LogP contribution in [0, 0.1) is 11.8 Å². The summed E-state index contributed by atoms with van der Waals surface area (Å²) in [6, 6.07) is 16.1. The summed E-state index contributed by atoms with van der Waals surface area (Å²) in [4.78, 5) is 52.2. The first-order valence-corrected chi connectivity index (χ1v) is 15.1. The van der Waals surface area contributed by atoms with Crippen LogP contribution in [0.2, 0.25) is 0 Å². The van der Waals surface area contributed by atoms with Gasteiger partial charge in [0.1, 0.15) is 24.0 Å². The Hall–Kier alpha value is -4.18. The highest BCUT2D eigenvalue weighted by atomic mass is 16.6. The van der Waals surface area contributed by atoms with Crippen LogP contribution in [0.3, 0.4) is 0 Å². The van der Waals surface area contributed by atoms with E-state index >= 15 is 0 Å². The molecule has 2 aromatic rings. The number of nitrogens with one attached hydrogen (secondary N) is 2. The van der Waals surface area contributed by atoms with Crippen LogP contribution in [0.1, 0.15) is 57.3 Å². The minimum Gasteiger partial charge on any atom is -0.497 e. The molecule has 2 amide bonds. The second-order valence-corrected chi connectivity index (χ2v) is 11.7. The molecule has 4 rings (SSSR count). The minimum absolute atomic E-state index is 0.0223. The number of hydrogen-bond donors (Lipinski definition) is 2. The summed E-state index contributed by atoms with van der Waals surface area (Å²) in [5.41, 5.74) is 1.85. The van der Waals surface area contributed by atoms with Crippen molar-refractivity contribution in [2.24, 2.45) is 11.8 Å². The Morgan fingerprint density at radius 1 is 0.955 bits per heavy atom. The number of esters is 2. The second kappa shape index (κ2) is 15.5. The van der Waals surface area contributed by atoms with Crippen LogP contribution < -0.4 is 15.4 Å². The lowest BCUT2D eigenvalue weighted by Gasteiger charge is -2.26. The molecule has 0 saturated carbocycles. The Labute approximate surface area is 258 Å². The average molecular weight is 607 g/mol. The van der Waals surface area contributed by atoms with Crippen LogP contribution in [0.5, 0.6) is 5.75 Å². The molecule has 10 nitrogen and oxygen atoms in total. The highest BCUT2D eigenvalue weighted by Gasteiger charge is 2.47. The van der Waals surface area contributed by atoms with E-state index < -0.39 is 42.0 Å². The third-order valence-electron chi connectivity index (χ3n) is 7.75. The Kier molecular flexibility index (Phi) is 11.5. The van der Waals surface area contributed by atoms with Gasteiger partial charge in [-0.25, -0.2) is 4.79 Å². The van der Waals surface area contributed by atoms with Crippen molar-refractivity contribution in [2.75, 3.05) is 13.7 Å². The lowest BCUT2D eigenvalue weighted by molar-refractivity contribution is -0.174. The third kappa shape index (κ3) is 9.41. The van der Waals surface area contributed by atoms with Gasteiger partial charge in [-0.2, -0.15) is 0 Å². The summed E-state index contributed by atoms with van der Waals surface area (Å²) in [7, 11) is 1.57. The zero-order valence-corrected chi connectivity index (χ0v) is 25.7. The van der Waals surface area contributed by atoms with Crippen LogP contribution >= 0.6 is 0 Å². The molecule has 1 fully saturated rings. The summed E-state index contributed by atoms with van der Waals surface area (Å²) in [6.45, 7) is 5.77. The van der Waals surface area contributed by atoms with Gasteiger partial charge >= 0.3 is 11.9 Å². The van der Waals surface area contributed by atoms with Crippen molar-refractivity contribution < 1.29 is 38.1 Å². The molecule has 0 unspecified atom stereocenters. The van der Waals surface area contributed by atoms with Gasteiger partial charge in [0.25, 0.3) is 0 Å². The number of methoxy groups -OCH3 is 1. The molecule has 236 valence electrons. The van der Waals surface area contributed by atoms with Crippen molar-refractivity contribution in [3.63, 3.8) is 0 Å². The largest absolute Gasteiger partial charge is 0.497 e. The maximum Gasteiger partial charge on any atom is 0.347 e. The number of ether oxygens (including phenoxy) is 4. The maximum atomic E-state index is 13.3. The van der Waals surface area contributed by atoms with Gasteiger partial charge in [0.15, 0.2) is 6.10 Å². The predicted molar refractivity (Wildman–Crippen MR) is 162 cm³/mol. The molecule has 0 aliphatic carbocycles. The number of carbonyl (C=O) groups excluding carboxylic acids is 4. The van der Waals surface area contributed by atoms with Gasteiger partial charge in [-0.15, -0.1) is 0 Å². The molecule has 2 aliphatic heterocycles. The van der Waals surface area contributed by atoms with Crippen molar-refractivity contribution in [1.82, 2.24) is 10.6 Å². The smallest absolute Gasteiger partial charge is 0.347 e. The van der Waals surface area contributed by atoms with Crippen LogP contribution in [-0.4, -0.2) is 61.8 Å². The molecule has 2 N–H and O–H groups in total. The van der Waals surface area contributed by atoms with Crippen LogP contribution in [-0.2, 0) is 39.8 Å². The van der Waals surface area contributed by atoms with E-state index in [0.717, 1.165) is 11.1 Å². The molecular weight excluding hydrogens is 564 g/mol. The molecular formula is C34H42N2O8. The molecule has 1 saturated heterocycles. The van der Waals surface area contributed by atoms with E-state index in [9.17, 15) is 19.2 Å². The summed E-state index contributed by atoms with van der Waals surface area (Å²) >= 11 is 0. The standard InChI is InChI=1S/C34H42N2O8/c1-21(2)19-28-34(40)43-27(22(3)31-32(44-31)24-9-6-5-7-10-24)11-8-12-29(37)36-26(33(39)35-18-17-30(38)42-28)20-23-13-15-25(41-4)16-14-23/h5-10,12-16,21-22,26-28,31-32H,11,17-20H2,1-4H3,(H,35,39)(H,36,37)/b12-8+/t22-,26+,27+,28+,31-,32-/m1/s1. The Balaban J connectivity index is 1.54. The highest BCUT2D eigenvalue weighted by Crippen LogP contribution is 2.45. The van der Waals surface area contributed by atoms with Crippen molar-refractivity contribution in [2.45, 2.75) is 76.9 Å². The summed E-state index contributed by atoms with van der Waals surface area (Å²) < 4.78 is 22.7. The monoisotopic (exact) mass is 606 g/mol. The fourth-order valence-corrected chi connectivity index (χ4v) is 5.23. The van der Waals surface area contributed by atoms with E-state index in [2.05, 4.69) is 10.6 Å². The van der Waals surface area contributed by atoms with Crippen molar-refractivity contribution in [1.29, 1.82) is 0 Å². The van der Waals surface area contributed by atoms with Crippen molar-refractivity contribution in [3.05, 3.63) is 77.9 Å². The van der Waals surface area contributed by atoms with E-state index in [4.69, 9.17) is 18.9 Å². The van der Waals surface area contributed by atoms with Crippen LogP contribution in [0.4, 0.5) is 0 Å². The zero-order valence-electron chi connectivity index (χ0n) is 25.7. The molecule has 2 aromatic carbocycles. The first kappa shape index (κ1) is 32.7. The van der Waals surface area contributed by atoms with Crippen LogP contribution in [0.15, 0.2) is 66.7 Å². The number of amides is 2. The zero-order chi connectivity index (χ0) is 31.6. The Morgan fingerprint density at radius 2 is 1.68 bits per heavy atom. The summed E-state index contributed by atoms with van der Waals surface area (Å²) in [5, 5.41) is 5.47. The lowest BCUT2D eigenvalue weighted by atomic mass is 9.93. The number of hydrogen-bond acceptors (Lipinski definition) is 8. The fraction of sp³-hybridized carbons (Fsp3) is 0.471.